The molecule has 5 nitrogen and oxygen atoms in total. The van der Waals surface area contributed by atoms with Crippen LogP contribution in [0.25, 0.3) is 22.2 Å². The largest absolute Gasteiger partial charge is 0.291 e. The number of hydrogen-bond donors (Lipinski definition) is 0. The van der Waals surface area contributed by atoms with E-state index in [2.05, 4.69) is 57.4 Å². The van der Waals surface area contributed by atoms with Crippen molar-refractivity contribution in [3.63, 3.8) is 0 Å². The van der Waals surface area contributed by atoms with Gasteiger partial charge in [-0.2, -0.15) is 5.10 Å². The molecule has 0 spiro atoms. The van der Waals surface area contributed by atoms with Gasteiger partial charge in [0.25, 0.3) is 0 Å². The molecule has 0 radical (unpaired) electrons. The first-order chi connectivity index (χ1) is 13.8. The molecule has 0 saturated carbocycles. The van der Waals surface area contributed by atoms with Crippen LogP contribution in [-0.2, 0) is 13.6 Å². The molecule has 1 fully saturated rings. The Bertz CT molecular complexity index is 1100. The van der Waals surface area contributed by atoms with Crippen molar-refractivity contribution >= 4 is 11.0 Å². The third-order valence-corrected chi connectivity index (χ3v) is 5.57. The predicted octanol–water partition coefficient (Wildman–Crippen LogP) is 4.37. The van der Waals surface area contributed by atoms with E-state index in [-0.39, 0.29) is 0 Å². The van der Waals surface area contributed by atoms with Gasteiger partial charge in [0.2, 0.25) is 0 Å². The third-order valence-electron chi connectivity index (χ3n) is 5.57. The van der Waals surface area contributed by atoms with Gasteiger partial charge in [-0.3, -0.25) is 9.58 Å². The van der Waals surface area contributed by atoms with Gasteiger partial charge in [0, 0.05) is 36.9 Å². The molecule has 28 heavy (non-hydrogen) atoms. The summed E-state index contributed by atoms with van der Waals surface area (Å²) in [6.07, 6.45) is 8.13. The van der Waals surface area contributed by atoms with E-state index in [0.29, 0.717) is 6.04 Å². The first-order valence-electron chi connectivity index (χ1n) is 9.80. The zero-order valence-electron chi connectivity index (χ0n) is 16.0. The smallest absolute Gasteiger partial charge is 0.159 e. The quantitative estimate of drug-likeness (QED) is 0.536. The fraction of sp³-hybridized carbons (Fsp3) is 0.261. The van der Waals surface area contributed by atoms with E-state index in [9.17, 15) is 0 Å². The van der Waals surface area contributed by atoms with Crippen LogP contribution in [0.3, 0.4) is 0 Å². The summed E-state index contributed by atoms with van der Waals surface area (Å²) in [5, 5.41) is 5.36. The summed E-state index contributed by atoms with van der Waals surface area (Å²) in [5.74, 6) is 0. The number of rotatable bonds is 4. The Morgan fingerprint density at radius 3 is 2.75 bits per heavy atom. The van der Waals surface area contributed by atoms with E-state index < -0.39 is 0 Å². The van der Waals surface area contributed by atoms with Crippen LogP contribution in [0.5, 0.6) is 0 Å². The van der Waals surface area contributed by atoms with Crippen molar-refractivity contribution in [3.8, 4) is 11.1 Å². The molecule has 0 aliphatic carbocycles. The van der Waals surface area contributed by atoms with Gasteiger partial charge in [0.1, 0.15) is 0 Å². The number of pyridine rings is 2. The second kappa shape index (κ2) is 7.17. The van der Waals surface area contributed by atoms with Crippen molar-refractivity contribution < 1.29 is 0 Å². The summed E-state index contributed by atoms with van der Waals surface area (Å²) in [6, 6.07) is 17.5. The Morgan fingerprint density at radius 2 is 1.93 bits per heavy atom. The molecule has 1 aliphatic heterocycles. The summed E-state index contributed by atoms with van der Waals surface area (Å²) in [7, 11) is 1.95. The van der Waals surface area contributed by atoms with Crippen LogP contribution in [0.4, 0.5) is 0 Å². The molecule has 5 heteroatoms. The summed E-state index contributed by atoms with van der Waals surface area (Å²) in [6.45, 7) is 2.05. The molecule has 1 aromatic carbocycles. The van der Waals surface area contributed by atoms with E-state index in [4.69, 9.17) is 4.98 Å². The molecule has 0 unspecified atom stereocenters. The van der Waals surface area contributed by atoms with Crippen molar-refractivity contribution in [2.45, 2.75) is 25.4 Å². The molecule has 1 saturated heterocycles. The summed E-state index contributed by atoms with van der Waals surface area (Å²) >= 11 is 0. The molecule has 3 aromatic heterocycles. The standard InChI is InChI=1S/C23H23N5/c1-27-16-20(14-25-27)18-8-6-17(7-9-18)15-28-13-3-5-22(28)21-11-10-19-4-2-12-24-23(19)26-21/h2,4,6-12,14,16,22H,3,5,13,15H2,1H3/t22-/m0/s1. The zero-order chi connectivity index (χ0) is 18.9. The minimum absolute atomic E-state index is 0.365. The lowest BCUT2D eigenvalue weighted by Crippen LogP contribution is -2.23. The highest BCUT2D eigenvalue weighted by atomic mass is 15.2. The van der Waals surface area contributed by atoms with Gasteiger partial charge in [-0.05, 0) is 54.8 Å². The predicted molar refractivity (Wildman–Crippen MR) is 111 cm³/mol. The van der Waals surface area contributed by atoms with E-state index in [1.807, 2.05) is 36.4 Å². The molecular weight excluding hydrogens is 346 g/mol. The molecule has 0 N–H and O–H groups in total. The van der Waals surface area contributed by atoms with Crippen LogP contribution in [-0.4, -0.2) is 31.2 Å². The maximum absolute atomic E-state index is 4.84. The highest BCUT2D eigenvalue weighted by Gasteiger charge is 2.27. The number of likely N-dealkylation sites (tertiary alicyclic amines) is 1. The second-order valence-electron chi connectivity index (χ2n) is 7.51. The summed E-state index contributed by atoms with van der Waals surface area (Å²) in [5.41, 5.74) is 5.67. The highest BCUT2D eigenvalue weighted by Crippen LogP contribution is 2.33. The van der Waals surface area contributed by atoms with Crippen LogP contribution in [0.1, 0.15) is 30.1 Å². The highest BCUT2D eigenvalue weighted by molar-refractivity contribution is 5.74. The first-order valence-corrected chi connectivity index (χ1v) is 9.80. The lowest BCUT2D eigenvalue weighted by atomic mass is 10.1. The number of aryl methyl sites for hydroxylation is 1. The van der Waals surface area contributed by atoms with Crippen LogP contribution in [0.15, 0.2) is 67.1 Å². The minimum atomic E-state index is 0.365. The van der Waals surface area contributed by atoms with Crippen molar-refractivity contribution in [2.75, 3.05) is 6.54 Å². The van der Waals surface area contributed by atoms with Gasteiger partial charge in [-0.1, -0.05) is 24.3 Å². The van der Waals surface area contributed by atoms with E-state index in [0.717, 1.165) is 41.8 Å². The molecule has 0 bridgehead atoms. The number of nitrogens with zero attached hydrogens (tertiary/aromatic N) is 5. The van der Waals surface area contributed by atoms with Gasteiger partial charge in [0.05, 0.1) is 17.9 Å². The van der Waals surface area contributed by atoms with E-state index in [1.165, 1.54) is 17.5 Å². The van der Waals surface area contributed by atoms with E-state index >= 15 is 0 Å². The Kier molecular flexibility index (Phi) is 4.37. The number of aromatic nitrogens is 4. The molecule has 5 rings (SSSR count). The molecule has 4 aromatic rings. The SMILES string of the molecule is Cn1cc(-c2ccc(CN3CCC[C@H]3c3ccc4cccnc4n3)cc2)cn1. The number of hydrogen-bond acceptors (Lipinski definition) is 4. The van der Waals surface area contributed by atoms with Gasteiger partial charge >= 0.3 is 0 Å². The Morgan fingerprint density at radius 1 is 1.04 bits per heavy atom. The molecule has 140 valence electrons. The zero-order valence-corrected chi connectivity index (χ0v) is 16.0. The monoisotopic (exact) mass is 369 g/mol. The maximum atomic E-state index is 4.84. The molecular formula is C23H23N5. The summed E-state index contributed by atoms with van der Waals surface area (Å²) in [4.78, 5) is 11.8. The van der Waals surface area contributed by atoms with Gasteiger partial charge < -0.3 is 0 Å². The van der Waals surface area contributed by atoms with Gasteiger partial charge in [0.15, 0.2) is 5.65 Å². The van der Waals surface area contributed by atoms with Crippen molar-refractivity contribution in [1.29, 1.82) is 0 Å². The lowest BCUT2D eigenvalue weighted by molar-refractivity contribution is 0.245. The second-order valence-corrected chi connectivity index (χ2v) is 7.51. The molecule has 4 heterocycles. The van der Waals surface area contributed by atoms with Crippen molar-refractivity contribution in [1.82, 2.24) is 24.6 Å². The normalized spacial score (nSPS) is 17.4. The fourth-order valence-electron chi connectivity index (χ4n) is 4.11. The Hall–Kier alpha value is -3.05. The van der Waals surface area contributed by atoms with Crippen LogP contribution in [0, 0.1) is 0 Å². The minimum Gasteiger partial charge on any atom is -0.291 e. The Balaban J connectivity index is 1.35. The fourth-order valence-corrected chi connectivity index (χ4v) is 4.11. The number of benzene rings is 1. The van der Waals surface area contributed by atoms with Crippen molar-refractivity contribution in [2.24, 2.45) is 7.05 Å². The van der Waals surface area contributed by atoms with Crippen molar-refractivity contribution in [3.05, 3.63) is 78.4 Å². The van der Waals surface area contributed by atoms with Crippen LogP contribution < -0.4 is 0 Å². The molecule has 1 atom stereocenters. The maximum Gasteiger partial charge on any atom is 0.159 e. The van der Waals surface area contributed by atoms with Gasteiger partial charge in [-0.25, -0.2) is 9.97 Å². The van der Waals surface area contributed by atoms with E-state index in [1.54, 1.807) is 0 Å². The Labute approximate surface area is 164 Å². The third kappa shape index (κ3) is 3.29. The lowest BCUT2D eigenvalue weighted by Gasteiger charge is -2.24. The first kappa shape index (κ1) is 17.1. The molecule has 1 aliphatic rings. The average molecular weight is 369 g/mol. The molecule has 0 amide bonds. The topological polar surface area (TPSA) is 46.8 Å². The average Bonchev–Trinajstić information content (AvgIpc) is 3.37. The number of fused-ring (bicyclic) bond motifs is 1. The van der Waals surface area contributed by atoms with Gasteiger partial charge in [-0.15, -0.1) is 0 Å². The van der Waals surface area contributed by atoms with Crippen LogP contribution in [0.2, 0.25) is 0 Å². The van der Waals surface area contributed by atoms with Crippen LogP contribution >= 0.6 is 0 Å². The summed E-state index contributed by atoms with van der Waals surface area (Å²) < 4.78 is 1.84.